The molecule has 0 aliphatic carbocycles. The van der Waals surface area contributed by atoms with Gasteiger partial charge in [0.2, 0.25) is 0 Å². The van der Waals surface area contributed by atoms with E-state index in [9.17, 15) is 4.79 Å². The van der Waals surface area contributed by atoms with E-state index in [0.717, 1.165) is 3.44 Å². The predicted molar refractivity (Wildman–Crippen MR) is 58.3 cm³/mol. The first-order chi connectivity index (χ1) is 6.77. The van der Waals surface area contributed by atoms with Crippen LogP contribution >= 0.6 is 0 Å². The summed E-state index contributed by atoms with van der Waals surface area (Å²) in [6, 6.07) is 10.1. The van der Waals surface area contributed by atoms with Crippen LogP contribution in [0.3, 0.4) is 0 Å². The molecule has 1 fully saturated rings. The fraction of sp³-hybridized carbons (Fsp3) is 0.200. The fourth-order valence-electron chi connectivity index (χ4n) is 1.30. The third-order valence-corrected chi connectivity index (χ3v) is 5.57. The molecule has 1 aliphatic heterocycles. The number of benzene rings is 1. The minimum absolute atomic E-state index is 0.252. The number of carbonyl (C=O) groups excluding carboxylic acids is 1. The Kier molecular flexibility index (Phi) is 3.19. The molecule has 0 atom stereocenters. The zero-order valence-electron chi connectivity index (χ0n) is 7.47. The second-order valence-electron chi connectivity index (χ2n) is 3.02. The van der Waals surface area contributed by atoms with Crippen LogP contribution in [0.2, 0.25) is 5.32 Å². The molecule has 4 heteroatoms. The molecule has 1 aromatic rings. The first kappa shape index (κ1) is 10.1. The zero-order valence-corrected chi connectivity index (χ0v) is 10.9. The van der Waals surface area contributed by atoms with Gasteiger partial charge in [-0.15, -0.1) is 0 Å². The van der Waals surface area contributed by atoms with Gasteiger partial charge in [0, 0.05) is 0 Å². The van der Waals surface area contributed by atoms with E-state index in [0.29, 0.717) is 26.8 Å². The first-order valence-corrected chi connectivity index (χ1v) is 7.21. The summed E-state index contributed by atoms with van der Waals surface area (Å²) >= 11 is 3.33. The van der Waals surface area contributed by atoms with Crippen molar-refractivity contribution in [3.8, 4) is 0 Å². The Hall–Kier alpha value is -0.401. The van der Waals surface area contributed by atoms with E-state index >= 15 is 0 Å². The Morgan fingerprint density at radius 1 is 1.36 bits per heavy atom. The SMILES string of the molecule is O=C1C[Se]C(=[Se])N1Cc1ccccc1. The Bertz CT molecular complexity index is 348. The predicted octanol–water partition coefficient (Wildman–Crippen LogP) is 0.407. The third-order valence-electron chi connectivity index (χ3n) is 2.02. The fourth-order valence-corrected chi connectivity index (χ4v) is 3.81. The number of amides is 1. The van der Waals surface area contributed by atoms with Gasteiger partial charge in [0.1, 0.15) is 0 Å². The molecule has 0 N–H and O–H groups in total. The second kappa shape index (κ2) is 4.41. The first-order valence-electron chi connectivity index (χ1n) is 4.28. The molecule has 0 radical (unpaired) electrons. The van der Waals surface area contributed by atoms with E-state index in [1.54, 1.807) is 0 Å². The van der Waals surface area contributed by atoms with Gasteiger partial charge in [-0.25, -0.2) is 0 Å². The van der Waals surface area contributed by atoms with Crippen LogP contribution in [-0.2, 0) is 11.3 Å². The molecular weight excluding hydrogens is 308 g/mol. The van der Waals surface area contributed by atoms with Gasteiger partial charge in [0.05, 0.1) is 0 Å². The van der Waals surface area contributed by atoms with Crippen LogP contribution in [0.1, 0.15) is 5.56 Å². The Morgan fingerprint density at radius 2 is 2.07 bits per heavy atom. The summed E-state index contributed by atoms with van der Waals surface area (Å²) in [5.41, 5.74) is 1.19. The normalized spacial score (nSPS) is 16.4. The Morgan fingerprint density at radius 3 is 2.64 bits per heavy atom. The summed E-state index contributed by atoms with van der Waals surface area (Å²) in [5.74, 6) is 0.252. The molecule has 72 valence electrons. The van der Waals surface area contributed by atoms with Crippen molar-refractivity contribution >= 4 is 39.9 Å². The summed E-state index contributed by atoms with van der Waals surface area (Å²) in [6.45, 7) is 0.712. The molecule has 1 aromatic carbocycles. The van der Waals surface area contributed by atoms with Crippen molar-refractivity contribution in [1.29, 1.82) is 0 Å². The maximum atomic E-state index is 11.5. The molecule has 1 amide bonds. The molecule has 2 rings (SSSR count). The van der Waals surface area contributed by atoms with Gasteiger partial charge in [-0.05, 0) is 0 Å². The van der Waals surface area contributed by atoms with Crippen molar-refractivity contribution in [3.63, 3.8) is 0 Å². The van der Waals surface area contributed by atoms with E-state index < -0.39 is 0 Å². The van der Waals surface area contributed by atoms with Crippen molar-refractivity contribution in [1.82, 2.24) is 4.90 Å². The van der Waals surface area contributed by atoms with Crippen LogP contribution in [0.4, 0.5) is 0 Å². The van der Waals surface area contributed by atoms with Gasteiger partial charge in [0.25, 0.3) is 0 Å². The molecule has 0 spiro atoms. The number of rotatable bonds is 2. The van der Waals surface area contributed by atoms with Crippen molar-refractivity contribution in [3.05, 3.63) is 35.9 Å². The van der Waals surface area contributed by atoms with Gasteiger partial charge in [-0.1, -0.05) is 0 Å². The molecule has 2 nitrogen and oxygen atoms in total. The molecule has 1 saturated heterocycles. The average Bonchev–Trinajstić information content (AvgIpc) is 2.51. The van der Waals surface area contributed by atoms with Crippen molar-refractivity contribution < 1.29 is 4.79 Å². The van der Waals surface area contributed by atoms with Crippen molar-refractivity contribution in [2.24, 2.45) is 0 Å². The van der Waals surface area contributed by atoms with Gasteiger partial charge < -0.3 is 0 Å². The molecule has 0 saturated carbocycles. The van der Waals surface area contributed by atoms with Gasteiger partial charge in [-0.2, -0.15) is 0 Å². The summed E-state index contributed by atoms with van der Waals surface area (Å²) in [7, 11) is 0. The quantitative estimate of drug-likeness (QED) is 0.724. The van der Waals surface area contributed by atoms with Crippen molar-refractivity contribution in [2.75, 3.05) is 0 Å². The van der Waals surface area contributed by atoms with Crippen LogP contribution in [-0.4, -0.2) is 44.8 Å². The van der Waals surface area contributed by atoms with Gasteiger partial charge in [-0.3, -0.25) is 0 Å². The van der Waals surface area contributed by atoms with E-state index in [-0.39, 0.29) is 5.91 Å². The van der Waals surface area contributed by atoms with Crippen molar-refractivity contribution in [2.45, 2.75) is 11.9 Å². The van der Waals surface area contributed by atoms with Gasteiger partial charge >= 0.3 is 97.3 Å². The second-order valence-corrected chi connectivity index (χ2v) is 7.16. The van der Waals surface area contributed by atoms with Crippen LogP contribution in [0.5, 0.6) is 0 Å². The van der Waals surface area contributed by atoms with E-state index in [1.165, 1.54) is 5.56 Å². The van der Waals surface area contributed by atoms with Crippen LogP contribution in [0.25, 0.3) is 0 Å². The van der Waals surface area contributed by atoms with Crippen LogP contribution in [0, 0.1) is 0 Å². The molecule has 0 aromatic heterocycles. The average molecular weight is 317 g/mol. The summed E-state index contributed by atoms with van der Waals surface area (Å²) < 4.78 is 1.13. The Labute approximate surface area is 97.2 Å². The van der Waals surface area contributed by atoms with Gasteiger partial charge in [0.15, 0.2) is 0 Å². The van der Waals surface area contributed by atoms with Crippen LogP contribution < -0.4 is 0 Å². The molecule has 0 unspecified atom stereocenters. The van der Waals surface area contributed by atoms with Crippen LogP contribution in [0.15, 0.2) is 30.3 Å². The molecule has 14 heavy (non-hydrogen) atoms. The molecular formula is C10H9NOSe2. The summed E-state index contributed by atoms with van der Waals surface area (Å²) in [4.78, 5) is 13.3. The number of hydrogen-bond donors (Lipinski definition) is 0. The summed E-state index contributed by atoms with van der Waals surface area (Å²) in [5, 5.41) is 0.710. The standard InChI is InChI=1S/C10H9NOSe2/c12-9-7-14-10(13)11(9)6-8-4-2-1-3-5-8/h1-5H,6-7H2. The maximum absolute atomic E-state index is 11.5. The molecule has 1 heterocycles. The van der Waals surface area contributed by atoms with E-state index in [2.05, 4.69) is 15.6 Å². The number of hydrogen-bond acceptors (Lipinski definition) is 1. The third kappa shape index (κ3) is 2.15. The Balaban J connectivity index is 2.11. The number of carbonyl (C=O) groups is 1. The van der Waals surface area contributed by atoms with E-state index in [1.807, 2.05) is 35.2 Å². The summed E-state index contributed by atoms with van der Waals surface area (Å²) in [6.07, 6.45) is 0. The topological polar surface area (TPSA) is 20.3 Å². The number of nitrogens with zero attached hydrogens (tertiary/aromatic N) is 1. The monoisotopic (exact) mass is 319 g/mol. The van der Waals surface area contributed by atoms with E-state index in [4.69, 9.17) is 0 Å². The molecule has 1 aliphatic rings. The minimum atomic E-state index is 0.252. The zero-order chi connectivity index (χ0) is 9.97. The molecule has 0 bridgehead atoms.